The number of aryl methyl sites for hydroxylation is 1. The Morgan fingerprint density at radius 2 is 2.11 bits per heavy atom. The van der Waals surface area contributed by atoms with Crippen molar-refractivity contribution >= 4 is 11.6 Å². The van der Waals surface area contributed by atoms with Gasteiger partial charge in [0.2, 0.25) is 5.91 Å². The molecular formula is C13H16N4O. The molecule has 0 saturated carbocycles. The average molecular weight is 244 g/mol. The number of nitrogens with two attached hydrogens (primary N) is 2. The first kappa shape index (κ1) is 12.2. The van der Waals surface area contributed by atoms with Gasteiger partial charge in [-0.1, -0.05) is 6.07 Å². The van der Waals surface area contributed by atoms with Crippen LogP contribution in [-0.2, 0) is 6.54 Å². The van der Waals surface area contributed by atoms with Crippen LogP contribution in [0.25, 0.3) is 0 Å². The standard InChI is InChI=1S/C13H16N4O/c1-8-9(2)17(7-16-8)6-11-4-3-10(13(15)18)5-12(11)14/h3-5,7H,6,14H2,1-2H3,(H2,15,18). The second-order valence-electron chi connectivity index (χ2n) is 4.32. The maximum atomic E-state index is 11.0. The van der Waals surface area contributed by atoms with Crippen LogP contribution >= 0.6 is 0 Å². The lowest BCUT2D eigenvalue weighted by Crippen LogP contribution is -2.12. The van der Waals surface area contributed by atoms with Crippen molar-refractivity contribution in [1.82, 2.24) is 9.55 Å². The molecule has 0 fully saturated rings. The monoisotopic (exact) mass is 244 g/mol. The molecule has 0 saturated heterocycles. The lowest BCUT2D eigenvalue weighted by Gasteiger charge is -2.09. The van der Waals surface area contributed by atoms with Crippen molar-refractivity contribution in [2.24, 2.45) is 5.73 Å². The molecule has 1 aromatic heterocycles. The van der Waals surface area contributed by atoms with E-state index in [1.54, 1.807) is 18.5 Å². The number of amides is 1. The first-order valence-corrected chi connectivity index (χ1v) is 5.65. The maximum Gasteiger partial charge on any atom is 0.248 e. The number of anilines is 1. The van der Waals surface area contributed by atoms with E-state index in [0.717, 1.165) is 17.0 Å². The van der Waals surface area contributed by atoms with Crippen molar-refractivity contribution < 1.29 is 4.79 Å². The van der Waals surface area contributed by atoms with Gasteiger partial charge in [-0.2, -0.15) is 0 Å². The quantitative estimate of drug-likeness (QED) is 0.796. The molecule has 0 aliphatic carbocycles. The van der Waals surface area contributed by atoms with E-state index in [1.165, 1.54) is 0 Å². The zero-order valence-corrected chi connectivity index (χ0v) is 10.5. The van der Waals surface area contributed by atoms with Crippen LogP contribution in [0.4, 0.5) is 5.69 Å². The summed E-state index contributed by atoms with van der Waals surface area (Å²) in [6.45, 7) is 4.61. The fourth-order valence-electron chi connectivity index (χ4n) is 1.78. The molecule has 5 heteroatoms. The summed E-state index contributed by atoms with van der Waals surface area (Å²) in [6.07, 6.45) is 1.78. The number of nitrogens with zero attached hydrogens (tertiary/aromatic N) is 2. The van der Waals surface area contributed by atoms with E-state index in [2.05, 4.69) is 4.98 Å². The van der Waals surface area contributed by atoms with Gasteiger partial charge in [0, 0.05) is 16.9 Å². The molecule has 2 rings (SSSR count). The maximum absolute atomic E-state index is 11.0. The summed E-state index contributed by atoms with van der Waals surface area (Å²) in [6, 6.07) is 5.12. The zero-order chi connectivity index (χ0) is 13.3. The van der Waals surface area contributed by atoms with Gasteiger partial charge >= 0.3 is 0 Å². The highest BCUT2D eigenvalue weighted by Crippen LogP contribution is 2.17. The van der Waals surface area contributed by atoms with E-state index in [0.29, 0.717) is 17.8 Å². The zero-order valence-electron chi connectivity index (χ0n) is 10.5. The first-order chi connectivity index (χ1) is 8.49. The first-order valence-electron chi connectivity index (χ1n) is 5.65. The average Bonchev–Trinajstić information content (AvgIpc) is 2.63. The van der Waals surface area contributed by atoms with Gasteiger partial charge in [0.15, 0.2) is 0 Å². The molecule has 1 heterocycles. The SMILES string of the molecule is Cc1ncn(Cc2ccc(C(N)=O)cc2N)c1C. The smallest absolute Gasteiger partial charge is 0.248 e. The van der Waals surface area contributed by atoms with E-state index in [-0.39, 0.29) is 0 Å². The topological polar surface area (TPSA) is 86.9 Å². The van der Waals surface area contributed by atoms with Crippen molar-refractivity contribution in [3.8, 4) is 0 Å². The fraction of sp³-hybridized carbons (Fsp3) is 0.231. The van der Waals surface area contributed by atoms with Crippen molar-refractivity contribution in [2.45, 2.75) is 20.4 Å². The number of nitrogen functional groups attached to an aromatic ring is 1. The van der Waals surface area contributed by atoms with Crippen molar-refractivity contribution in [3.63, 3.8) is 0 Å². The van der Waals surface area contributed by atoms with E-state index < -0.39 is 5.91 Å². The lowest BCUT2D eigenvalue weighted by molar-refractivity contribution is 0.100. The molecule has 2 aromatic rings. The normalized spacial score (nSPS) is 10.6. The summed E-state index contributed by atoms with van der Waals surface area (Å²) in [4.78, 5) is 15.3. The van der Waals surface area contributed by atoms with Gasteiger partial charge in [-0.3, -0.25) is 4.79 Å². The van der Waals surface area contributed by atoms with E-state index >= 15 is 0 Å². The highest BCUT2D eigenvalue weighted by Gasteiger charge is 2.07. The minimum atomic E-state index is -0.470. The van der Waals surface area contributed by atoms with E-state index in [1.807, 2.05) is 24.5 Å². The molecule has 18 heavy (non-hydrogen) atoms. The Bertz CT molecular complexity index is 601. The second kappa shape index (κ2) is 4.52. The summed E-state index contributed by atoms with van der Waals surface area (Å²) in [7, 11) is 0. The van der Waals surface area contributed by atoms with Gasteiger partial charge in [-0.05, 0) is 31.5 Å². The number of primary amides is 1. The van der Waals surface area contributed by atoms with Gasteiger partial charge in [-0.25, -0.2) is 4.98 Å². The third kappa shape index (κ3) is 2.20. The van der Waals surface area contributed by atoms with Crippen molar-refractivity contribution in [1.29, 1.82) is 0 Å². The number of carbonyl (C=O) groups excluding carboxylic acids is 1. The summed E-state index contributed by atoms with van der Waals surface area (Å²) >= 11 is 0. The molecular weight excluding hydrogens is 228 g/mol. The fourth-order valence-corrected chi connectivity index (χ4v) is 1.78. The number of hydrogen-bond donors (Lipinski definition) is 2. The Morgan fingerprint density at radius 3 is 2.61 bits per heavy atom. The predicted octanol–water partition coefficient (Wildman–Crippen LogP) is 1.23. The number of aromatic nitrogens is 2. The lowest BCUT2D eigenvalue weighted by atomic mass is 10.1. The predicted molar refractivity (Wildman–Crippen MR) is 70.2 cm³/mol. The van der Waals surface area contributed by atoms with E-state index in [9.17, 15) is 4.79 Å². The van der Waals surface area contributed by atoms with Crippen LogP contribution in [0.5, 0.6) is 0 Å². The molecule has 0 unspecified atom stereocenters. The summed E-state index contributed by atoms with van der Waals surface area (Å²) in [5, 5.41) is 0. The molecule has 1 amide bonds. The molecule has 4 N–H and O–H groups in total. The Balaban J connectivity index is 2.30. The van der Waals surface area contributed by atoms with Crippen LogP contribution in [0.2, 0.25) is 0 Å². The van der Waals surface area contributed by atoms with Crippen LogP contribution in [-0.4, -0.2) is 15.5 Å². The van der Waals surface area contributed by atoms with Crippen LogP contribution in [0.3, 0.4) is 0 Å². The third-order valence-corrected chi connectivity index (χ3v) is 3.12. The summed E-state index contributed by atoms with van der Waals surface area (Å²) in [5.41, 5.74) is 15.2. The van der Waals surface area contributed by atoms with Crippen molar-refractivity contribution in [2.75, 3.05) is 5.73 Å². The van der Waals surface area contributed by atoms with Crippen molar-refractivity contribution in [3.05, 3.63) is 47.0 Å². The highest BCUT2D eigenvalue weighted by molar-refractivity contribution is 5.93. The molecule has 1 aromatic carbocycles. The summed E-state index contributed by atoms with van der Waals surface area (Å²) < 4.78 is 2.02. The molecule has 5 nitrogen and oxygen atoms in total. The molecule has 0 aliphatic heterocycles. The minimum Gasteiger partial charge on any atom is -0.398 e. The van der Waals surface area contributed by atoms with Gasteiger partial charge in [0.25, 0.3) is 0 Å². The molecule has 0 aliphatic rings. The number of rotatable bonds is 3. The number of imidazole rings is 1. The molecule has 0 atom stereocenters. The molecule has 0 radical (unpaired) electrons. The van der Waals surface area contributed by atoms with Gasteiger partial charge in [0.1, 0.15) is 0 Å². The van der Waals surface area contributed by atoms with Crippen LogP contribution in [0.15, 0.2) is 24.5 Å². The van der Waals surface area contributed by atoms with Crippen LogP contribution in [0, 0.1) is 13.8 Å². The Hall–Kier alpha value is -2.30. The van der Waals surface area contributed by atoms with Crippen LogP contribution in [0.1, 0.15) is 27.3 Å². The third-order valence-electron chi connectivity index (χ3n) is 3.12. The van der Waals surface area contributed by atoms with Gasteiger partial charge in [-0.15, -0.1) is 0 Å². The number of benzene rings is 1. The number of hydrogen-bond acceptors (Lipinski definition) is 3. The van der Waals surface area contributed by atoms with Gasteiger partial charge < -0.3 is 16.0 Å². The Kier molecular flexibility index (Phi) is 3.06. The molecule has 0 bridgehead atoms. The summed E-state index contributed by atoms with van der Waals surface area (Å²) in [5.74, 6) is -0.470. The second-order valence-corrected chi connectivity index (χ2v) is 4.32. The van der Waals surface area contributed by atoms with Gasteiger partial charge in [0.05, 0.1) is 18.6 Å². The largest absolute Gasteiger partial charge is 0.398 e. The highest BCUT2D eigenvalue weighted by atomic mass is 16.1. The Labute approximate surface area is 105 Å². The van der Waals surface area contributed by atoms with E-state index in [4.69, 9.17) is 11.5 Å². The number of carbonyl (C=O) groups is 1. The Morgan fingerprint density at radius 1 is 1.39 bits per heavy atom. The molecule has 0 spiro atoms. The van der Waals surface area contributed by atoms with Crippen LogP contribution < -0.4 is 11.5 Å². The minimum absolute atomic E-state index is 0.426. The molecule has 94 valence electrons.